The van der Waals surface area contributed by atoms with Crippen LogP contribution < -0.4 is 10.1 Å². The number of carbonyl (C=O) groups is 3. The third kappa shape index (κ3) is 3.60. The van der Waals surface area contributed by atoms with Crippen molar-refractivity contribution in [3.05, 3.63) is 57.9 Å². The molecular formula is C21H23N3O4. The Morgan fingerprint density at radius 3 is 2.57 bits per heavy atom. The largest absolute Gasteiger partial charge is 0.496 e. The summed E-state index contributed by atoms with van der Waals surface area (Å²) in [5.74, 6) is -0.208. The monoisotopic (exact) mass is 381 g/mol. The number of benzene rings is 1. The molecule has 1 aliphatic heterocycles. The SMILES string of the molecule is COc1c(C)cnc(CNC(=O)CCN2C(=O)c3ccc(C)cc3C2=O)c1C. The molecule has 0 saturated heterocycles. The van der Waals surface area contributed by atoms with Crippen LogP contribution in [0.2, 0.25) is 0 Å². The Bertz CT molecular complexity index is 968. The number of hydrogen-bond acceptors (Lipinski definition) is 5. The lowest BCUT2D eigenvalue weighted by molar-refractivity contribution is -0.121. The molecule has 7 heteroatoms. The van der Waals surface area contributed by atoms with Crippen molar-refractivity contribution in [3.63, 3.8) is 0 Å². The number of imide groups is 1. The Morgan fingerprint density at radius 1 is 1.14 bits per heavy atom. The topological polar surface area (TPSA) is 88.6 Å². The first kappa shape index (κ1) is 19.5. The van der Waals surface area contributed by atoms with Gasteiger partial charge in [0.2, 0.25) is 5.91 Å². The molecule has 7 nitrogen and oxygen atoms in total. The van der Waals surface area contributed by atoms with E-state index in [-0.39, 0.29) is 37.2 Å². The minimum Gasteiger partial charge on any atom is -0.496 e. The van der Waals surface area contributed by atoms with E-state index in [0.29, 0.717) is 16.8 Å². The molecule has 2 aromatic rings. The average Bonchev–Trinajstić information content (AvgIpc) is 2.89. The van der Waals surface area contributed by atoms with Gasteiger partial charge in [-0.25, -0.2) is 0 Å². The van der Waals surface area contributed by atoms with Crippen LogP contribution in [0, 0.1) is 20.8 Å². The lowest BCUT2D eigenvalue weighted by Crippen LogP contribution is -2.34. The summed E-state index contributed by atoms with van der Waals surface area (Å²) in [5.41, 5.74) is 4.22. The second-order valence-electron chi connectivity index (χ2n) is 6.88. The molecule has 3 rings (SSSR count). The number of methoxy groups -OCH3 is 1. The molecular weight excluding hydrogens is 358 g/mol. The normalized spacial score (nSPS) is 12.9. The second-order valence-corrected chi connectivity index (χ2v) is 6.88. The van der Waals surface area contributed by atoms with Gasteiger partial charge in [-0.1, -0.05) is 11.6 Å². The second kappa shape index (κ2) is 7.80. The highest BCUT2D eigenvalue weighted by Gasteiger charge is 2.35. The van der Waals surface area contributed by atoms with E-state index < -0.39 is 0 Å². The predicted molar refractivity (Wildman–Crippen MR) is 103 cm³/mol. The molecule has 0 saturated carbocycles. The van der Waals surface area contributed by atoms with E-state index in [9.17, 15) is 14.4 Å². The summed E-state index contributed by atoms with van der Waals surface area (Å²) in [6.45, 7) is 5.96. The first-order valence-electron chi connectivity index (χ1n) is 9.06. The maximum Gasteiger partial charge on any atom is 0.261 e. The average molecular weight is 381 g/mol. The van der Waals surface area contributed by atoms with Gasteiger partial charge in [0.1, 0.15) is 5.75 Å². The van der Waals surface area contributed by atoms with Gasteiger partial charge >= 0.3 is 0 Å². The Kier molecular flexibility index (Phi) is 5.44. The molecule has 28 heavy (non-hydrogen) atoms. The number of pyridine rings is 1. The van der Waals surface area contributed by atoms with E-state index in [0.717, 1.165) is 27.3 Å². The van der Waals surface area contributed by atoms with Crippen LogP contribution in [0.5, 0.6) is 5.75 Å². The molecule has 3 amide bonds. The van der Waals surface area contributed by atoms with Gasteiger partial charge in [0, 0.05) is 30.3 Å². The lowest BCUT2D eigenvalue weighted by atomic mass is 10.1. The van der Waals surface area contributed by atoms with Crippen LogP contribution in [0.4, 0.5) is 0 Å². The van der Waals surface area contributed by atoms with Gasteiger partial charge < -0.3 is 10.1 Å². The Labute approximate surface area is 163 Å². The van der Waals surface area contributed by atoms with Gasteiger partial charge in [-0.2, -0.15) is 0 Å². The van der Waals surface area contributed by atoms with E-state index in [2.05, 4.69) is 10.3 Å². The minimum atomic E-state index is -0.353. The molecule has 0 unspecified atom stereocenters. The smallest absolute Gasteiger partial charge is 0.261 e. The highest BCUT2D eigenvalue weighted by atomic mass is 16.5. The van der Waals surface area contributed by atoms with Gasteiger partial charge in [0.05, 0.1) is 30.5 Å². The molecule has 2 heterocycles. The maximum absolute atomic E-state index is 12.4. The maximum atomic E-state index is 12.4. The zero-order valence-corrected chi connectivity index (χ0v) is 16.5. The van der Waals surface area contributed by atoms with E-state index in [4.69, 9.17) is 4.74 Å². The number of hydrogen-bond donors (Lipinski definition) is 1. The lowest BCUT2D eigenvalue weighted by Gasteiger charge is -2.15. The Balaban J connectivity index is 1.59. The number of carbonyl (C=O) groups excluding carboxylic acids is 3. The van der Waals surface area contributed by atoms with Crippen LogP contribution in [0.15, 0.2) is 24.4 Å². The van der Waals surface area contributed by atoms with E-state index in [1.165, 1.54) is 0 Å². The highest BCUT2D eigenvalue weighted by molar-refractivity contribution is 6.21. The number of amides is 3. The fourth-order valence-electron chi connectivity index (χ4n) is 3.34. The number of aryl methyl sites for hydroxylation is 2. The number of ether oxygens (including phenoxy) is 1. The molecule has 0 spiro atoms. The fraction of sp³-hybridized carbons (Fsp3) is 0.333. The van der Waals surface area contributed by atoms with Crippen LogP contribution in [-0.2, 0) is 11.3 Å². The standard InChI is InChI=1S/C21H23N3O4/c1-12-5-6-15-16(9-12)21(27)24(20(15)26)8-7-18(25)23-11-17-14(3)19(28-4)13(2)10-22-17/h5-6,9-10H,7-8,11H2,1-4H3,(H,23,25). The number of aromatic nitrogens is 1. The fourth-order valence-corrected chi connectivity index (χ4v) is 3.34. The Morgan fingerprint density at radius 2 is 1.86 bits per heavy atom. The van der Waals surface area contributed by atoms with Crippen molar-refractivity contribution < 1.29 is 19.1 Å². The first-order chi connectivity index (χ1) is 13.3. The quantitative estimate of drug-likeness (QED) is 0.776. The molecule has 1 N–H and O–H groups in total. The van der Waals surface area contributed by atoms with E-state index in [1.54, 1.807) is 31.5 Å². The molecule has 0 aliphatic carbocycles. The van der Waals surface area contributed by atoms with Crippen molar-refractivity contribution in [2.45, 2.75) is 33.7 Å². The third-order valence-corrected chi connectivity index (χ3v) is 4.89. The summed E-state index contributed by atoms with van der Waals surface area (Å²) in [6, 6.07) is 5.16. The predicted octanol–water partition coefficient (Wildman–Crippen LogP) is 2.32. The van der Waals surface area contributed by atoms with Gasteiger partial charge in [0.15, 0.2) is 0 Å². The van der Waals surface area contributed by atoms with Crippen LogP contribution in [-0.4, -0.2) is 41.3 Å². The van der Waals surface area contributed by atoms with Crippen molar-refractivity contribution in [3.8, 4) is 5.75 Å². The molecule has 0 fully saturated rings. The van der Waals surface area contributed by atoms with Crippen molar-refractivity contribution in [1.82, 2.24) is 15.2 Å². The van der Waals surface area contributed by atoms with Crippen LogP contribution in [0.1, 0.15) is 49.5 Å². The molecule has 146 valence electrons. The van der Waals surface area contributed by atoms with Crippen LogP contribution >= 0.6 is 0 Å². The van der Waals surface area contributed by atoms with Crippen molar-refractivity contribution >= 4 is 17.7 Å². The summed E-state index contributed by atoms with van der Waals surface area (Å²) in [7, 11) is 1.60. The van der Waals surface area contributed by atoms with E-state index in [1.807, 2.05) is 20.8 Å². The summed E-state index contributed by atoms with van der Waals surface area (Å²) < 4.78 is 5.37. The Hall–Kier alpha value is -3.22. The summed E-state index contributed by atoms with van der Waals surface area (Å²) in [6.07, 6.45) is 1.74. The summed E-state index contributed by atoms with van der Waals surface area (Å²) >= 11 is 0. The van der Waals surface area contributed by atoms with Crippen molar-refractivity contribution in [2.24, 2.45) is 0 Å². The van der Waals surface area contributed by atoms with E-state index >= 15 is 0 Å². The minimum absolute atomic E-state index is 0.0342. The van der Waals surface area contributed by atoms with Gasteiger partial charge in [-0.05, 0) is 32.9 Å². The highest BCUT2D eigenvalue weighted by Crippen LogP contribution is 2.25. The zero-order valence-electron chi connectivity index (χ0n) is 16.5. The zero-order chi connectivity index (χ0) is 20.4. The first-order valence-corrected chi connectivity index (χ1v) is 9.06. The van der Waals surface area contributed by atoms with Crippen molar-refractivity contribution in [2.75, 3.05) is 13.7 Å². The van der Waals surface area contributed by atoms with Gasteiger partial charge in [0.25, 0.3) is 11.8 Å². The van der Waals surface area contributed by atoms with Gasteiger partial charge in [-0.15, -0.1) is 0 Å². The molecule has 1 aliphatic rings. The molecule has 0 radical (unpaired) electrons. The van der Waals surface area contributed by atoms with Crippen LogP contribution in [0.3, 0.4) is 0 Å². The molecule has 0 atom stereocenters. The molecule has 0 bridgehead atoms. The van der Waals surface area contributed by atoms with Gasteiger partial charge in [-0.3, -0.25) is 24.3 Å². The van der Waals surface area contributed by atoms with Crippen LogP contribution in [0.25, 0.3) is 0 Å². The van der Waals surface area contributed by atoms with Crippen molar-refractivity contribution in [1.29, 1.82) is 0 Å². The molecule has 1 aromatic carbocycles. The molecule has 1 aromatic heterocycles. The summed E-state index contributed by atoms with van der Waals surface area (Å²) in [4.78, 5) is 42.6. The summed E-state index contributed by atoms with van der Waals surface area (Å²) in [5, 5.41) is 2.79. The number of nitrogens with zero attached hydrogens (tertiary/aromatic N) is 2. The number of rotatable bonds is 6. The third-order valence-electron chi connectivity index (χ3n) is 4.89. The number of nitrogens with one attached hydrogen (secondary N) is 1. The number of fused-ring (bicyclic) bond motifs is 1.